The van der Waals surface area contributed by atoms with Crippen LogP contribution in [0.15, 0.2) is 36.4 Å². The molecule has 0 radical (unpaired) electrons. The normalized spacial score (nSPS) is 10.7. The third kappa shape index (κ3) is 4.25. The van der Waals surface area contributed by atoms with Crippen molar-refractivity contribution in [1.29, 1.82) is 0 Å². The summed E-state index contributed by atoms with van der Waals surface area (Å²) in [6.07, 6.45) is 0. The van der Waals surface area contributed by atoms with Crippen LogP contribution < -0.4 is 0 Å². The van der Waals surface area contributed by atoms with Gasteiger partial charge in [-0.3, -0.25) is 0 Å². The highest BCUT2D eigenvalue weighted by atomic mass is 16.4. The number of hydrogen-bond donors (Lipinski definition) is 4. The van der Waals surface area contributed by atoms with Crippen molar-refractivity contribution in [2.24, 2.45) is 0 Å². The first kappa shape index (κ1) is 24.2. The highest BCUT2D eigenvalue weighted by molar-refractivity contribution is 5.98. The molecule has 3 aromatic rings. The molecular weight excluding hydrogens is 440 g/mol. The largest absolute Gasteiger partial charge is 0.478 e. The standard InChI is InChI=1S/C26H22O8/c1-11-12(2)22(16-7-19(25(31)32)10-20(8-16)26(33)34)14(4)13(3)21(11)15-5-17(23(27)28)9-18(6-15)24(29)30/h5-10H,1-4H3,(H,27,28)(H,29,30)(H,31,32)(H,33,34). The van der Waals surface area contributed by atoms with Gasteiger partial charge in [-0.05, 0) is 109 Å². The van der Waals surface area contributed by atoms with Gasteiger partial charge in [0, 0.05) is 0 Å². The molecule has 174 valence electrons. The van der Waals surface area contributed by atoms with Crippen molar-refractivity contribution in [2.75, 3.05) is 0 Å². The third-order valence-electron chi connectivity index (χ3n) is 6.06. The fraction of sp³-hybridized carbons (Fsp3) is 0.154. The minimum absolute atomic E-state index is 0.159. The molecule has 0 amide bonds. The summed E-state index contributed by atoms with van der Waals surface area (Å²) in [5, 5.41) is 37.8. The SMILES string of the molecule is Cc1c(C)c(-c2cc(C(=O)O)cc(C(=O)O)c2)c(C)c(C)c1-c1cc(C(=O)O)cc(C(=O)O)c1. The molecule has 0 aliphatic heterocycles. The van der Waals surface area contributed by atoms with Crippen molar-refractivity contribution in [3.05, 3.63) is 80.9 Å². The van der Waals surface area contributed by atoms with Crippen LogP contribution in [0.5, 0.6) is 0 Å². The van der Waals surface area contributed by atoms with Gasteiger partial charge in [0.15, 0.2) is 0 Å². The molecule has 0 aromatic heterocycles. The van der Waals surface area contributed by atoms with Crippen molar-refractivity contribution in [3.63, 3.8) is 0 Å². The zero-order valence-corrected chi connectivity index (χ0v) is 18.9. The fourth-order valence-corrected chi connectivity index (χ4v) is 4.22. The van der Waals surface area contributed by atoms with Gasteiger partial charge in [0.05, 0.1) is 22.3 Å². The minimum atomic E-state index is -1.25. The summed E-state index contributed by atoms with van der Waals surface area (Å²) < 4.78 is 0. The van der Waals surface area contributed by atoms with E-state index in [0.717, 1.165) is 34.4 Å². The molecule has 3 aromatic carbocycles. The van der Waals surface area contributed by atoms with Crippen LogP contribution in [0.1, 0.15) is 63.7 Å². The number of aromatic carboxylic acids is 4. The maximum atomic E-state index is 11.6. The van der Waals surface area contributed by atoms with Gasteiger partial charge in [-0.1, -0.05) is 0 Å². The van der Waals surface area contributed by atoms with E-state index in [1.807, 2.05) is 0 Å². The summed E-state index contributed by atoms with van der Waals surface area (Å²) in [5.41, 5.74) is 4.47. The number of carboxylic acid groups (broad SMARTS) is 4. The van der Waals surface area contributed by atoms with Gasteiger partial charge in [-0.2, -0.15) is 0 Å². The predicted octanol–water partition coefficient (Wildman–Crippen LogP) is 5.05. The van der Waals surface area contributed by atoms with Gasteiger partial charge in [-0.15, -0.1) is 0 Å². The van der Waals surface area contributed by atoms with E-state index in [1.165, 1.54) is 24.3 Å². The summed E-state index contributed by atoms with van der Waals surface area (Å²) in [6.45, 7) is 7.20. The molecule has 8 nitrogen and oxygen atoms in total. The molecular formula is C26H22O8. The first-order chi connectivity index (χ1) is 15.8. The Labute approximate surface area is 194 Å². The Morgan fingerprint density at radius 3 is 0.824 bits per heavy atom. The smallest absolute Gasteiger partial charge is 0.335 e. The summed E-state index contributed by atoms with van der Waals surface area (Å²) >= 11 is 0. The summed E-state index contributed by atoms with van der Waals surface area (Å²) in [6, 6.07) is 7.84. The molecule has 0 fully saturated rings. The molecule has 4 N–H and O–H groups in total. The van der Waals surface area contributed by atoms with E-state index in [0.29, 0.717) is 22.3 Å². The number of benzene rings is 3. The van der Waals surface area contributed by atoms with Crippen molar-refractivity contribution < 1.29 is 39.6 Å². The third-order valence-corrected chi connectivity index (χ3v) is 6.06. The Morgan fingerprint density at radius 1 is 0.441 bits per heavy atom. The van der Waals surface area contributed by atoms with Crippen LogP contribution in [-0.2, 0) is 0 Å². The maximum Gasteiger partial charge on any atom is 0.335 e. The lowest BCUT2D eigenvalue weighted by molar-refractivity contribution is 0.0676. The second-order valence-electron chi connectivity index (χ2n) is 8.07. The molecule has 3 rings (SSSR count). The zero-order valence-electron chi connectivity index (χ0n) is 18.9. The van der Waals surface area contributed by atoms with Crippen LogP contribution in [0.4, 0.5) is 0 Å². The molecule has 0 aliphatic rings. The Kier molecular flexibility index (Phi) is 6.27. The molecule has 0 saturated heterocycles. The quantitative estimate of drug-likeness (QED) is 0.398. The number of carboxylic acids is 4. The monoisotopic (exact) mass is 462 g/mol. The molecule has 8 heteroatoms. The lowest BCUT2D eigenvalue weighted by atomic mass is 9.82. The molecule has 0 aliphatic carbocycles. The van der Waals surface area contributed by atoms with E-state index in [-0.39, 0.29) is 22.3 Å². The number of hydrogen-bond acceptors (Lipinski definition) is 4. The summed E-state index contributed by atoms with van der Waals surface area (Å²) in [5.74, 6) is -5.01. The van der Waals surface area contributed by atoms with Crippen LogP contribution in [0.3, 0.4) is 0 Å². The van der Waals surface area contributed by atoms with Crippen LogP contribution in [0.25, 0.3) is 22.3 Å². The average Bonchev–Trinajstić information content (AvgIpc) is 2.77. The number of rotatable bonds is 6. The lowest BCUT2D eigenvalue weighted by Crippen LogP contribution is -2.06. The molecule has 0 spiro atoms. The highest BCUT2D eigenvalue weighted by Crippen LogP contribution is 2.40. The second-order valence-corrected chi connectivity index (χ2v) is 8.07. The predicted molar refractivity (Wildman–Crippen MR) is 124 cm³/mol. The van der Waals surface area contributed by atoms with Gasteiger partial charge >= 0.3 is 23.9 Å². The average molecular weight is 462 g/mol. The topological polar surface area (TPSA) is 149 Å². The molecule has 34 heavy (non-hydrogen) atoms. The Bertz CT molecular complexity index is 1200. The van der Waals surface area contributed by atoms with Crippen molar-refractivity contribution in [3.8, 4) is 22.3 Å². The van der Waals surface area contributed by atoms with Crippen LogP contribution in [0, 0.1) is 27.7 Å². The van der Waals surface area contributed by atoms with E-state index in [4.69, 9.17) is 0 Å². The van der Waals surface area contributed by atoms with Gasteiger partial charge in [0.25, 0.3) is 0 Å². The van der Waals surface area contributed by atoms with Gasteiger partial charge in [-0.25, -0.2) is 19.2 Å². The molecule has 0 heterocycles. The van der Waals surface area contributed by atoms with E-state index >= 15 is 0 Å². The first-order valence-corrected chi connectivity index (χ1v) is 10.2. The Balaban J connectivity index is 2.36. The maximum absolute atomic E-state index is 11.6. The second kappa shape index (κ2) is 8.82. The molecule has 0 bridgehead atoms. The molecule has 0 atom stereocenters. The van der Waals surface area contributed by atoms with Crippen molar-refractivity contribution >= 4 is 23.9 Å². The van der Waals surface area contributed by atoms with Gasteiger partial charge in [0.1, 0.15) is 0 Å². The molecule has 0 saturated carbocycles. The van der Waals surface area contributed by atoms with Crippen LogP contribution in [0.2, 0.25) is 0 Å². The van der Waals surface area contributed by atoms with Crippen molar-refractivity contribution in [2.45, 2.75) is 27.7 Å². The molecule has 0 unspecified atom stereocenters. The Morgan fingerprint density at radius 2 is 0.647 bits per heavy atom. The van der Waals surface area contributed by atoms with E-state index in [1.54, 1.807) is 27.7 Å². The lowest BCUT2D eigenvalue weighted by Gasteiger charge is -2.22. The van der Waals surface area contributed by atoms with Crippen LogP contribution in [-0.4, -0.2) is 44.3 Å². The summed E-state index contributed by atoms with van der Waals surface area (Å²) in [7, 11) is 0. The van der Waals surface area contributed by atoms with E-state index < -0.39 is 23.9 Å². The van der Waals surface area contributed by atoms with Gasteiger partial charge in [0.2, 0.25) is 0 Å². The van der Waals surface area contributed by atoms with Gasteiger partial charge < -0.3 is 20.4 Å². The van der Waals surface area contributed by atoms with E-state index in [2.05, 4.69) is 0 Å². The fourth-order valence-electron chi connectivity index (χ4n) is 4.22. The van der Waals surface area contributed by atoms with E-state index in [9.17, 15) is 39.6 Å². The zero-order chi connectivity index (χ0) is 25.5. The summed E-state index contributed by atoms with van der Waals surface area (Å²) in [4.78, 5) is 46.3. The van der Waals surface area contributed by atoms with Crippen molar-refractivity contribution in [1.82, 2.24) is 0 Å². The first-order valence-electron chi connectivity index (χ1n) is 10.2. The minimum Gasteiger partial charge on any atom is -0.478 e. The number of carbonyl (C=O) groups is 4. The van der Waals surface area contributed by atoms with Crippen LogP contribution >= 0.6 is 0 Å². The highest BCUT2D eigenvalue weighted by Gasteiger charge is 2.21. The Hall–Kier alpha value is -4.46.